The summed E-state index contributed by atoms with van der Waals surface area (Å²) < 4.78 is 38.3. The topological polar surface area (TPSA) is 65.1 Å². The smallest absolute Gasteiger partial charge is 0.364 e. The third-order valence-electron chi connectivity index (χ3n) is 4.54. The van der Waals surface area contributed by atoms with E-state index in [-0.39, 0.29) is 16.8 Å². The number of hydrogen-bond donors (Lipinski definition) is 1. The molecular formula is C17H19ClF3N5O. The summed E-state index contributed by atoms with van der Waals surface area (Å²) in [6.45, 7) is 4.18. The third-order valence-corrected chi connectivity index (χ3v) is 4.91. The van der Waals surface area contributed by atoms with Crippen LogP contribution < -0.4 is 10.5 Å². The molecule has 1 atom stereocenters. The molecule has 1 aliphatic heterocycles. The predicted molar refractivity (Wildman–Crippen MR) is 95.9 cm³/mol. The average Bonchev–Trinajstić information content (AvgIpc) is 2.59. The van der Waals surface area contributed by atoms with Gasteiger partial charge in [-0.25, -0.2) is 5.10 Å². The normalized spacial score (nSPS) is 18.7. The van der Waals surface area contributed by atoms with Gasteiger partial charge in [-0.2, -0.15) is 18.3 Å². The Morgan fingerprint density at radius 2 is 2.15 bits per heavy atom. The Morgan fingerprint density at radius 1 is 1.37 bits per heavy atom. The monoisotopic (exact) mass is 401 g/mol. The molecule has 10 heteroatoms. The van der Waals surface area contributed by atoms with E-state index in [1.54, 1.807) is 12.1 Å². The van der Waals surface area contributed by atoms with Crippen molar-refractivity contribution < 1.29 is 13.2 Å². The summed E-state index contributed by atoms with van der Waals surface area (Å²) in [6.07, 6.45) is -2.43. The summed E-state index contributed by atoms with van der Waals surface area (Å²) >= 11 is 6.09. The zero-order valence-electron chi connectivity index (χ0n) is 14.6. The fourth-order valence-corrected chi connectivity index (χ4v) is 3.51. The first-order valence-corrected chi connectivity index (χ1v) is 8.84. The Bertz CT molecular complexity index is 857. The number of nitrogens with zero attached hydrogens (tertiary/aromatic N) is 4. The first kappa shape index (κ1) is 19.6. The average molecular weight is 402 g/mol. The Hall–Kier alpha value is -2.13. The molecule has 3 rings (SSSR count). The molecule has 1 aliphatic rings. The third kappa shape index (κ3) is 4.78. The maximum atomic E-state index is 12.8. The number of aromatic nitrogens is 3. The molecule has 1 unspecified atom stereocenters. The van der Waals surface area contributed by atoms with Gasteiger partial charge in [0.25, 0.3) is 5.56 Å². The molecule has 2 aromatic rings. The molecule has 0 amide bonds. The number of rotatable bonds is 4. The zero-order valence-corrected chi connectivity index (χ0v) is 15.4. The van der Waals surface area contributed by atoms with Crippen LogP contribution in [0, 0.1) is 0 Å². The molecule has 3 heterocycles. The Morgan fingerprint density at radius 3 is 2.85 bits per heavy atom. The van der Waals surface area contributed by atoms with Crippen molar-refractivity contribution in [3.05, 3.63) is 51.2 Å². The number of pyridine rings is 1. The molecule has 0 radical (unpaired) electrons. The quantitative estimate of drug-likeness (QED) is 0.853. The highest BCUT2D eigenvalue weighted by Crippen LogP contribution is 2.27. The van der Waals surface area contributed by atoms with Crippen LogP contribution >= 0.6 is 11.6 Å². The number of H-pyrrole nitrogens is 1. The second-order valence-electron chi connectivity index (χ2n) is 6.58. The van der Waals surface area contributed by atoms with Gasteiger partial charge < -0.3 is 4.90 Å². The molecule has 2 aromatic heterocycles. The minimum Gasteiger partial charge on any atom is -0.364 e. The van der Waals surface area contributed by atoms with Gasteiger partial charge >= 0.3 is 6.18 Å². The van der Waals surface area contributed by atoms with Crippen molar-refractivity contribution in [2.45, 2.75) is 32.1 Å². The lowest BCUT2D eigenvalue weighted by atomic mass is 10.1. The molecule has 146 valence electrons. The lowest BCUT2D eigenvalue weighted by Crippen LogP contribution is -2.52. The largest absolute Gasteiger partial charge is 0.394 e. The number of piperazine rings is 1. The van der Waals surface area contributed by atoms with E-state index in [1.807, 2.05) is 11.8 Å². The molecular weight excluding hydrogens is 383 g/mol. The maximum Gasteiger partial charge on any atom is 0.394 e. The molecule has 0 aromatic carbocycles. The van der Waals surface area contributed by atoms with Crippen molar-refractivity contribution in [2.24, 2.45) is 0 Å². The summed E-state index contributed by atoms with van der Waals surface area (Å²) in [5.74, 6) is 0. The van der Waals surface area contributed by atoms with E-state index >= 15 is 0 Å². The SMILES string of the molecule is CC1CN(Cc2cccnc2CC(F)(F)F)CCN1c1cn[nH]c(=O)c1Cl. The Balaban J connectivity index is 1.71. The fraction of sp³-hybridized carbons (Fsp3) is 0.471. The molecule has 1 saturated heterocycles. The predicted octanol–water partition coefficient (Wildman–Crippen LogP) is 2.63. The summed E-state index contributed by atoms with van der Waals surface area (Å²) in [5.41, 5.74) is 0.746. The molecule has 1 fully saturated rings. The van der Waals surface area contributed by atoms with E-state index < -0.39 is 18.2 Å². The second-order valence-corrected chi connectivity index (χ2v) is 6.96. The van der Waals surface area contributed by atoms with Crippen LogP contribution in [-0.2, 0) is 13.0 Å². The standard InChI is InChI=1S/C17H19ClF3N5O/c1-11-9-25(5-6-26(11)14-8-23-24-16(27)15(14)18)10-12-3-2-4-22-13(12)7-17(19,20)21/h2-4,8,11H,5-7,9-10H2,1H3,(H,24,27). The lowest BCUT2D eigenvalue weighted by molar-refractivity contribution is -0.128. The van der Waals surface area contributed by atoms with Gasteiger partial charge in [0, 0.05) is 38.4 Å². The van der Waals surface area contributed by atoms with Crippen molar-refractivity contribution in [1.82, 2.24) is 20.1 Å². The van der Waals surface area contributed by atoms with Gasteiger partial charge in [-0.3, -0.25) is 14.7 Å². The van der Waals surface area contributed by atoms with E-state index in [4.69, 9.17) is 11.6 Å². The highest BCUT2D eigenvalue weighted by Gasteiger charge is 2.31. The summed E-state index contributed by atoms with van der Waals surface area (Å²) in [7, 11) is 0. The molecule has 0 saturated carbocycles. The number of hydrogen-bond acceptors (Lipinski definition) is 5. The Labute approximate surface area is 159 Å². The number of alkyl halides is 3. The van der Waals surface area contributed by atoms with E-state index in [0.717, 1.165) is 0 Å². The minimum atomic E-state index is -4.29. The lowest BCUT2D eigenvalue weighted by Gasteiger charge is -2.41. The first-order valence-electron chi connectivity index (χ1n) is 8.46. The molecule has 6 nitrogen and oxygen atoms in total. The summed E-state index contributed by atoms with van der Waals surface area (Å²) in [6, 6.07) is 3.35. The molecule has 0 aliphatic carbocycles. The van der Waals surface area contributed by atoms with E-state index in [0.29, 0.717) is 37.4 Å². The van der Waals surface area contributed by atoms with Crippen LogP contribution in [0.5, 0.6) is 0 Å². The maximum absolute atomic E-state index is 12.8. The first-order chi connectivity index (χ1) is 12.7. The van der Waals surface area contributed by atoms with Crippen LogP contribution in [0.1, 0.15) is 18.2 Å². The van der Waals surface area contributed by atoms with Crippen LogP contribution in [0.25, 0.3) is 0 Å². The molecule has 0 bridgehead atoms. The highest BCUT2D eigenvalue weighted by atomic mass is 35.5. The summed E-state index contributed by atoms with van der Waals surface area (Å²) in [5, 5.41) is 6.17. The Kier molecular flexibility index (Phi) is 5.71. The molecule has 1 N–H and O–H groups in total. The van der Waals surface area contributed by atoms with Crippen molar-refractivity contribution in [2.75, 3.05) is 24.5 Å². The van der Waals surface area contributed by atoms with Crippen LogP contribution in [-0.4, -0.2) is 51.9 Å². The van der Waals surface area contributed by atoms with Crippen LogP contribution in [0.4, 0.5) is 18.9 Å². The summed E-state index contributed by atoms with van der Waals surface area (Å²) in [4.78, 5) is 19.6. The van der Waals surface area contributed by atoms with Gasteiger partial charge in [0.15, 0.2) is 0 Å². The van der Waals surface area contributed by atoms with E-state index in [2.05, 4.69) is 20.1 Å². The number of aromatic amines is 1. The van der Waals surface area contributed by atoms with Gasteiger partial charge in [0.1, 0.15) is 5.02 Å². The van der Waals surface area contributed by atoms with Crippen LogP contribution in [0.3, 0.4) is 0 Å². The van der Waals surface area contributed by atoms with Gasteiger partial charge in [-0.1, -0.05) is 17.7 Å². The van der Waals surface area contributed by atoms with Crippen molar-refractivity contribution in [1.29, 1.82) is 0 Å². The number of nitrogens with one attached hydrogen (secondary N) is 1. The van der Waals surface area contributed by atoms with Crippen LogP contribution in [0.2, 0.25) is 5.02 Å². The second kappa shape index (κ2) is 7.85. The van der Waals surface area contributed by atoms with Gasteiger partial charge in [-0.05, 0) is 18.6 Å². The van der Waals surface area contributed by atoms with E-state index in [9.17, 15) is 18.0 Å². The fourth-order valence-electron chi connectivity index (χ4n) is 3.31. The zero-order chi connectivity index (χ0) is 19.6. The number of halogens is 4. The minimum absolute atomic E-state index is 0.0163. The van der Waals surface area contributed by atoms with Crippen molar-refractivity contribution >= 4 is 17.3 Å². The van der Waals surface area contributed by atoms with Crippen molar-refractivity contribution in [3.8, 4) is 0 Å². The molecule has 27 heavy (non-hydrogen) atoms. The van der Waals surface area contributed by atoms with Crippen LogP contribution in [0.15, 0.2) is 29.3 Å². The molecule has 0 spiro atoms. The highest BCUT2D eigenvalue weighted by molar-refractivity contribution is 6.33. The number of anilines is 1. The van der Waals surface area contributed by atoms with Crippen molar-refractivity contribution in [3.63, 3.8) is 0 Å². The van der Waals surface area contributed by atoms with E-state index in [1.165, 1.54) is 12.4 Å². The van der Waals surface area contributed by atoms with Gasteiger partial charge in [0.05, 0.1) is 24.0 Å². The van der Waals surface area contributed by atoms with Gasteiger partial charge in [0.2, 0.25) is 0 Å². The van der Waals surface area contributed by atoms with Gasteiger partial charge in [-0.15, -0.1) is 0 Å².